The van der Waals surface area contributed by atoms with Crippen LogP contribution in [-0.4, -0.2) is 35.2 Å². The summed E-state index contributed by atoms with van der Waals surface area (Å²) in [4.78, 5) is 45.1. The third kappa shape index (κ3) is 5.42. The molecule has 4 aromatic rings. The number of carbonyl (C=O) groups excluding carboxylic acids is 1. The van der Waals surface area contributed by atoms with Gasteiger partial charge < -0.3 is 14.1 Å². The van der Waals surface area contributed by atoms with E-state index in [2.05, 4.69) is 23.7 Å². The summed E-state index contributed by atoms with van der Waals surface area (Å²) in [5.74, 6) is 0.0744. The van der Waals surface area contributed by atoms with Gasteiger partial charge in [0.05, 0.1) is 27.3 Å². The van der Waals surface area contributed by atoms with Crippen LogP contribution in [0.2, 0.25) is 0 Å². The highest BCUT2D eigenvalue weighted by molar-refractivity contribution is 7.07. The predicted octanol–water partition coefficient (Wildman–Crippen LogP) is 4.81. The SMILES string of the molecule is CCOC(=O)C1=C(C)N=c2s/c(=C\c3ccc(N(CC)CC)cc3)c(=O)n2[C@H]1c1ccc(-c2cccc([N+](=O)[O-])c2)o1. The van der Waals surface area contributed by atoms with Gasteiger partial charge in [-0.25, -0.2) is 9.79 Å². The Morgan fingerprint density at radius 3 is 2.55 bits per heavy atom. The molecule has 3 heterocycles. The Kier molecular flexibility index (Phi) is 8.21. The summed E-state index contributed by atoms with van der Waals surface area (Å²) in [5, 5.41) is 11.3. The fourth-order valence-corrected chi connectivity index (χ4v) is 6.06. The van der Waals surface area contributed by atoms with Gasteiger partial charge in [0.2, 0.25) is 0 Å². The first-order valence-electron chi connectivity index (χ1n) is 13.6. The molecule has 11 heteroatoms. The van der Waals surface area contributed by atoms with Crippen LogP contribution in [-0.2, 0) is 9.53 Å². The van der Waals surface area contributed by atoms with Gasteiger partial charge in [0.15, 0.2) is 4.80 Å². The van der Waals surface area contributed by atoms with Gasteiger partial charge in [0.25, 0.3) is 11.2 Å². The number of hydrogen-bond donors (Lipinski definition) is 0. The average Bonchev–Trinajstić information content (AvgIpc) is 3.59. The number of esters is 1. The second-order valence-electron chi connectivity index (χ2n) is 9.58. The summed E-state index contributed by atoms with van der Waals surface area (Å²) in [6, 6.07) is 16.5. The van der Waals surface area contributed by atoms with Crippen LogP contribution < -0.4 is 19.8 Å². The highest BCUT2D eigenvalue weighted by Gasteiger charge is 2.35. The number of carbonyl (C=O) groups is 1. The summed E-state index contributed by atoms with van der Waals surface area (Å²) >= 11 is 1.23. The van der Waals surface area contributed by atoms with Crippen molar-refractivity contribution >= 4 is 34.8 Å². The first kappa shape index (κ1) is 28.7. The smallest absolute Gasteiger partial charge is 0.338 e. The number of fused-ring (bicyclic) bond motifs is 1. The van der Waals surface area contributed by atoms with E-state index in [1.54, 1.807) is 38.1 Å². The van der Waals surface area contributed by atoms with Crippen LogP contribution in [0.25, 0.3) is 17.4 Å². The summed E-state index contributed by atoms with van der Waals surface area (Å²) < 4.78 is 13.4. The fraction of sp³-hybridized carbons (Fsp3) is 0.258. The molecule has 0 fully saturated rings. The van der Waals surface area contributed by atoms with Crippen LogP contribution in [0.5, 0.6) is 0 Å². The van der Waals surface area contributed by atoms with E-state index in [0.29, 0.717) is 32.1 Å². The van der Waals surface area contributed by atoms with Crippen molar-refractivity contribution in [3.8, 4) is 11.3 Å². The second-order valence-corrected chi connectivity index (χ2v) is 10.6. The number of non-ortho nitro benzene ring substituents is 1. The number of allylic oxidation sites excluding steroid dienone is 1. The third-order valence-corrected chi connectivity index (χ3v) is 8.06. The number of hydrogen-bond acceptors (Lipinski definition) is 9. The van der Waals surface area contributed by atoms with Gasteiger partial charge in [-0.05, 0) is 63.6 Å². The zero-order valence-electron chi connectivity index (χ0n) is 23.7. The highest BCUT2D eigenvalue weighted by atomic mass is 32.1. The van der Waals surface area contributed by atoms with E-state index < -0.39 is 16.9 Å². The number of nitro benzene ring substituents is 1. The molecule has 216 valence electrons. The standard InChI is InChI=1S/C31H30N4O6S/c1-5-33(6-2)22-13-11-20(12-14-22)17-26-29(36)34-28(27(30(37)40-7-3)19(4)32-31(34)42-26)25-16-15-24(41-25)21-9-8-10-23(18-21)35(38)39/h8-18,28H,5-7H2,1-4H3/b26-17-/t28-/m0/s1. The van der Waals surface area contributed by atoms with Gasteiger partial charge in [-0.1, -0.05) is 35.6 Å². The van der Waals surface area contributed by atoms with Crippen LogP contribution in [0.1, 0.15) is 45.1 Å². The van der Waals surface area contributed by atoms with Gasteiger partial charge in [-0.2, -0.15) is 0 Å². The molecule has 0 amide bonds. The lowest BCUT2D eigenvalue weighted by Crippen LogP contribution is -2.39. The summed E-state index contributed by atoms with van der Waals surface area (Å²) in [7, 11) is 0. The Labute approximate surface area is 245 Å². The molecule has 2 aromatic carbocycles. The van der Waals surface area contributed by atoms with Crippen molar-refractivity contribution in [1.82, 2.24) is 4.57 Å². The molecular formula is C31H30N4O6S. The van der Waals surface area contributed by atoms with Gasteiger partial charge >= 0.3 is 5.97 Å². The zero-order chi connectivity index (χ0) is 30.0. The molecule has 1 aliphatic heterocycles. The molecule has 1 aliphatic rings. The van der Waals surface area contributed by atoms with E-state index in [1.165, 1.54) is 28.0 Å². The Morgan fingerprint density at radius 1 is 1.14 bits per heavy atom. The van der Waals surface area contributed by atoms with E-state index >= 15 is 0 Å². The number of nitro groups is 1. The minimum absolute atomic E-state index is 0.0773. The highest BCUT2D eigenvalue weighted by Crippen LogP contribution is 2.35. The number of aromatic nitrogens is 1. The molecule has 0 saturated heterocycles. The summed E-state index contributed by atoms with van der Waals surface area (Å²) in [6.07, 6.45) is 1.81. The minimum atomic E-state index is -0.931. The number of rotatable bonds is 9. The number of benzene rings is 2. The van der Waals surface area contributed by atoms with Crippen molar-refractivity contribution in [3.05, 3.63) is 113 Å². The third-order valence-electron chi connectivity index (χ3n) is 7.07. The van der Waals surface area contributed by atoms with Crippen LogP contribution in [0.3, 0.4) is 0 Å². The summed E-state index contributed by atoms with van der Waals surface area (Å²) in [6.45, 7) is 9.55. The minimum Gasteiger partial charge on any atom is -0.463 e. The zero-order valence-corrected chi connectivity index (χ0v) is 24.5. The maximum absolute atomic E-state index is 13.9. The summed E-state index contributed by atoms with van der Waals surface area (Å²) in [5.41, 5.74) is 2.67. The lowest BCUT2D eigenvalue weighted by molar-refractivity contribution is -0.384. The first-order chi connectivity index (χ1) is 20.2. The number of furan rings is 1. The molecule has 0 N–H and O–H groups in total. The van der Waals surface area contributed by atoms with Crippen molar-refractivity contribution < 1.29 is 18.9 Å². The second kappa shape index (κ2) is 12.0. The normalized spacial score (nSPS) is 14.9. The quantitative estimate of drug-likeness (QED) is 0.157. The molecule has 1 atom stereocenters. The Bertz CT molecular complexity index is 1860. The maximum atomic E-state index is 13.9. The maximum Gasteiger partial charge on any atom is 0.338 e. The van der Waals surface area contributed by atoms with Crippen molar-refractivity contribution in [3.63, 3.8) is 0 Å². The van der Waals surface area contributed by atoms with Crippen molar-refractivity contribution in [2.75, 3.05) is 24.6 Å². The molecule has 0 aliphatic carbocycles. The van der Waals surface area contributed by atoms with Gasteiger partial charge in [-0.15, -0.1) is 0 Å². The molecule has 5 rings (SSSR count). The molecule has 42 heavy (non-hydrogen) atoms. The largest absolute Gasteiger partial charge is 0.463 e. The van der Waals surface area contributed by atoms with Crippen LogP contribution in [0.4, 0.5) is 11.4 Å². The molecule has 0 saturated carbocycles. The molecule has 0 radical (unpaired) electrons. The topological polar surface area (TPSA) is 120 Å². The fourth-order valence-electron chi connectivity index (χ4n) is 5.01. The van der Waals surface area contributed by atoms with E-state index in [9.17, 15) is 19.7 Å². The molecule has 0 bridgehead atoms. The van der Waals surface area contributed by atoms with E-state index in [4.69, 9.17) is 9.15 Å². The molecule has 0 spiro atoms. The molecule has 10 nitrogen and oxygen atoms in total. The Morgan fingerprint density at radius 2 is 1.88 bits per heavy atom. The molecule has 2 aromatic heterocycles. The van der Waals surface area contributed by atoms with Crippen molar-refractivity contribution in [2.45, 2.75) is 33.7 Å². The number of nitrogens with zero attached hydrogens (tertiary/aromatic N) is 4. The van der Waals surface area contributed by atoms with Crippen LogP contribution >= 0.6 is 11.3 Å². The van der Waals surface area contributed by atoms with Gasteiger partial charge in [-0.3, -0.25) is 19.5 Å². The molecule has 0 unspecified atom stereocenters. The Hall–Kier alpha value is -4.77. The Balaban J connectivity index is 1.62. The monoisotopic (exact) mass is 586 g/mol. The van der Waals surface area contributed by atoms with Crippen molar-refractivity contribution in [1.29, 1.82) is 0 Å². The van der Waals surface area contributed by atoms with Gasteiger partial charge in [0.1, 0.15) is 17.6 Å². The van der Waals surface area contributed by atoms with E-state index in [-0.39, 0.29) is 23.4 Å². The van der Waals surface area contributed by atoms with E-state index in [0.717, 1.165) is 24.3 Å². The molecular weight excluding hydrogens is 556 g/mol. The number of ether oxygens (including phenoxy) is 1. The number of anilines is 1. The van der Waals surface area contributed by atoms with Crippen LogP contribution in [0, 0.1) is 10.1 Å². The van der Waals surface area contributed by atoms with Gasteiger partial charge in [0, 0.05) is 36.5 Å². The lowest BCUT2D eigenvalue weighted by atomic mass is 10.0. The number of thiazole rings is 1. The van der Waals surface area contributed by atoms with Crippen LogP contribution in [0.15, 0.2) is 86.1 Å². The van der Waals surface area contributed by atoms with Crippen molar-refractivity contribution in [2.24, 2.45) is 4.99 Å². The first-order valence-corrected chi connectivity index (χ1v) is 14.5. The van der Waals surface area contributed by atoms with E-state index in [1.807, 2.05) is 30.3 Å². The lowest BCUT2D eigenvalue weighted by Gasteiger charge is -2.22. The predicted molar refractivity (Wildman–Crippen MR) is 161 cm³/mol. The average molecular weight is 587 g/mol.